The molecule has 0 saturated carbocycles. The molecule has 0 atom stereocenters. The number of likely N-dealkylation sites (tertiary alicyclic amines) is 2. The maximum Gasteiger partial charge on any atom is 0.224 e. The summed E-state index contributed by atoms with van der Waals surface area (Å²) < 4.78 is 0. The zero-order valence-electron chi connectivity index (χ0n) is 15.3. The molecule has 0 radical (unpaired) electrons. The van der Waals surface area contributed by atoms with Crippen LogP contribution in [-0.4, -0.2) is 57.8 Å². The number of hydrogen-bond acceptors (Lipinski definition) is 5. The van der Waals surface area contributed by atoms with E-state index in [0.717, 1.165) is 55.2 Å². The molecule has 2 amide bonds. The molecule has 2 fully saturated rings. The number of piperidine rings is 1. The summed E-state index contributed by atoms with van der Waals surface area (Å²) in [5.41, 5.74) is 2.10. The topological polar surface area (TPSA) is 66.4 Å². The van der Waals surface area contributed by atoms with Gasteiger partial charge in [0.25, 0.3) is 0 Å². The van der Waals surface area contributed by atoms with Crippen LogP contribution in [0.2, 0.25) is 0 Å². The third-order valence-electron chi connectivity index (χ3n) is 5.46. The van der Waals surface area contributed by atoms with Crippen LogP contribution in [0.1, 0.15) is 43.0 Å². The highest BCUT2D eigenvalue weighted by molar-refractivity contribution is 7.10. The normalized spacial score (nSPS) is 18.3. The van der Waals surface area contributed by atoms with Gasteiger partial charge in [0.2, 0.25) is 11.8 Å². The van der Waals surface area contributed by atoms with Crippen molar-refractivity contribution in [1.82, 2.24) is 19.8 Å². The van der Waals surface area contributed by atoms with Crippen LogP contribution in [0.25, 0.3) is 11.3 Å². The largest absolute Gasteiger partial charge is 0.343 e. The quantitative estimate of drug-likeness (QED) is 0.795. The molecule has 4 rings (SSSR count). The van der Waals surface area contributed by atoms with Gasteiger partial charge in [0.05, 0.1) is 10.7 Å². The lowest BCUT2D eigenvalue weighted by Crippen LogP contribution is -2.39. The second-order valence-corrected chi connectivity index (χ2v) is 8.09. The molecule has 2 saturated heterocycles. The molecule has 2 aromatic heterocycles. The van der Waals surface area contributed by atoms with E-state index >= 15 is 0 Å². The Morgan fingerprint density at radius 2 is 1.96 bits per heavy atom. The molecule has 2 aliphatic heterocycles. The molecular formula is C20H24N4O2S. The number of pyridine rings is 1. The van der Waals surface area contributed by atoms with E-state index in [0.29, 0.717) is 25.3 Å². The highest BCUT2D eigenvalue weighted by Gasteiger charge is 2.27. The van der Waals surface area contributed by atoms with Crippen LogP contribution in [0.3, 0.4) is 0 Å². The minimum atomic E-state index is 0.171. The third kappa shape index (κ3) is 4.18. The third-order valence-corrected chi connectivity index (χ3v) is 6.47. The molecule has 27 heavy (non-hydrogen) atoms. The fourth-order valence-corrected chi connectivity index (χ4v) is 4.84. The first-order chi connectivity index (χ1) is 13.2. The molecule has 2 aromatic rings. The Bertz CT molecular complexity index is 799. The Labute approximate surface area is 163 Å². The number of nitrogens with zero attached hydrogens (tertiary/aromatic N) is 4. The highest BCUT2D eigenvalue weighted by atomic mass is 32.1. The Morgan fingerprint density at radius 3 is 2.67 bits per heavy atom. The number of hydrogen-bond donors (Lipinski definition) is 0. The van der Waals surface area contributed by atoms with Crippen molar-refractivity contribution in [2.24, 2.45) is 0 Å². The van der Waals surface area contributed by atoms with Crippen LogP contribution in [0, 0.1) is 0 Å². The minimum Gasteiger partial charge on any atom is -0.343 e. The summed E-state index contributed by atoms with van der Waals surface area (Å²) >= 11 is 1.71. The number of thiazole rings is 1. The van der Waals surface area contributed by atoms with Crippen molar-refractivity contribution < 1.29 is 9.59 Å². The number of rotatable bonds is 5. The summed E-state index contributed by atoms with van der Waals surface area (Å²) in [5, 5.41) is 3.27. The lowest BCUT2D eigenvalue weighted by atomic mass is 9.97. The SMILES string of the molecule is O=C1CCCN1CCC(=O)N1CCC(c2nc(-c3ccncc3)cs2)CC1. The van der Waals surface area contributed by atoms with Crippen LogP contribution < -0.4 is 0 Å². The van der Waals surface area contributed by atoms with Crippen molar-refractivity contribution in [2.45, 2.75) is 38.0 Å². The van der Waals surface area contributed by atoms with E-state index in [1.165, 1.54) is 0 Å². The molecule has 142 valence electrons. The highest BCUT2D eigenvalue weighted by Crippen LogP contribution is 2.32. The Morgan fingerprint density at radius 1 is 1.19 bits per heavy atom. The zero-order valence-corrected chi connectivity index (χ0v) is 16.2. The molecule has 4 heterocycles. The lowest BCUT2D eigenvalue weighted by Gasteiger charge is -2.31. The van der Waals surface area contributed by atoms with Gasteiger partial charge in [-0.25, -0.2) is 4.98 Å². The second-order valence-electron chi connectivity index (χ2n) is 7.20. The number of carbonyl (C=O) groups is 2. The van der Waals surface area contributed by atoms with E-state index in [1.54, 1.807) is 23.7 Å². The van der Waals surface area contributed by atoms with Crippen molar-refractivity contribution in [3.63, 3.8) is 0 Å². The van der Waals surface area contributed by atoms with Crippen LogP contribution in [0.15, 0.2) is 29.9 Å². The average molecular weight is 385 g/mol. The molecule has 0 aromatic carbocycles. The maximum atomic E-state index is 12.5. The summed E-state index contributed by atoms with van der Waals surface area (Å²) in [7, 11) is 0. The first-order valence-electron chi connectivity index (χ1n) is 9.62. The van der Waals surface area contributed by atoms with Crippen LogP contribution in [0.5, 0.6) is 0 Å². The monoisotopic (exact) mass is 384 g/mol. The summed E-state index contributed by atoms with van der Waals surface area (Å²) in [6.45, 7) is 2.93. The molecule has 6 nitrogen and oxygen atoms in total. The number of amides is 2. The zero-order chi connectivity index (χ0) is 18.6. The van der Waals surface area contributed by atoms with Gasteiger partial charge >= 0.3 is 0 Å². The van der Waals surface area contributed by atoms with Crippen LogP contribution >= 0.6 is 11.3 Å². The summed E-state index contributed by atoms with van der Waals surface area (Å²) in [6, 6.07) is 3.95. The Hall–Kier alpha value is -2.28. The van der Waals surface area contributed by atoms with Crippen molar-refractivity contribution in [3.8, 4) is 11.3 Å². The van der Waals surface area contributed by atoms with Crippen molar-refractivity contribution >= 4 is 23.2 Å². The van der Waals surface area contributed by atoms with E-state index < -0.39 is 0 Å². The van der Waals surface area contributed by atoms with Gasteiger partial charge in [-0.1, -0.05) is 0 Å². The average Bonchev–Trinajstić information content (AvgIpc) is 3.36. The fraction of sp³-hybridized carbons (Fsp3) is 0.500. The van der Waals surface area contributed by atoms with Gasteiger partial charge in [-0.2, -0.15) is 0 Å². The summed E-state index contributed by atoms with van der Waals surface area (Å²) in [5.74, 6) is 0.787. The molecular weight excluding hydrogens is 360 g/mol. The fourth-order valence-electron chi connectivity index (χ4n) is 3.84. The lowest BCUT2D eigenvalue weighted by molar-refractivity contribution is -0.133. The van der Waals surface area contributed by atoms with Gasteiger partial charge in [0.15, 0.2) is 0 Å². The van der Waals surface area contributed by atoms with E-state index in [2.05, 4.69) is 10.4 Å². The van der Waals surface area contributed by atoms with Gasteiger partial charge in [-0.15, -0.1) is 11.3 Å². The van der Waals surface area contributed by atoms with Crippen LogP contribution in [-0.2, 0) is 9.59 Å². The van der Waals surface area contributed by atoms with Gasteiger partial charge in [0.1, 0.15) is 0 Å². The van der Waals surface area contributed by atoms with E-state index in [4.69, 9.17) is 4.98 Å². The molecule has 0 unspecified atom stereocenters. The Balaban J connectivity index is 1.28. The van der Waals surface area contributed by atoms with E-state index in [9.17, 15) is 9.59 Å². The van der Waals surface area contributed by atoms with Gasteiger partial charge < -0.3 is 9.80 Å². The number of aromatic nitrogens is 2. The molecule has 0 N–H and O–H groups in total. The first kappa shape index (κ1) is 18.1. The molecule has 2 aliphatic rings. The summed E-state index contributed by atoms with van der Waals surface area (Å²) in [6.07, 6.45) is 7.49. The smallest absolute Gasteiger partial charge is 0.224 e. The molecule has 0 spiro atoms. The second kappa shape index (κ2) is 8.17. The molecule has 0 aliphatic carbocycles. The Kier molecular flexibility index (Phi) is 5.48. The van der Waals surface area contributed by atoms with Crippen molar-refractivity contribution in [3.05, 3.63) is 34.9 Å². The molecule has 7 heteroatoms. The van der Waals surface area contributed by atoms with Crippen molar-refractivity contribution in [1.29, 1.82) is 0 Å². The van der Waals surface area contributed by atoms with Gasteiger partial charge in [-0.05, 0) is 31.4 Å². The predicted molar refractivity (Wildman–Crippen MR) is 104 cm³/mol. The minimum absolute atomic E-state index is 0.171. The van der Waals surface area contributed by atoms with Gasteiger partial charge in [0, 0.05) is 68.3 Å². The summed E-state index contributed by atoms with van der Waals surface area (Å²) in [4.78, 5) is 36.8. The standard InChI is InChI=1S/C20H24N4O2S/c25-18-2-1-10-23(18)13-7-19(26)24-11-5-16(6-12-24)20-22-17(14-27-20)15-3-8-21-9-4-15/h3-4,8-9,14,16H,1-2,5-7,10-13H2. The van der Waals surface area contributed by atoms with E-state index in [-0.39, 0.29) is 11.8 Å². The van der Waals surface area contributed by atoms with Crippen LogP contribution in [0.4, 0.5) is 0 Å². The number of carbonyl (C=O) groups excluding carboxylic acids is 2. The molecule has 0 bridgehead atoms. The predicted octanol–water partition coefficient (Wildman–Crippen LogP) is 2.92. The first-order valence-corrected chi connectivity index (χ1v) is 10.5. The van der Waals surface area contributed by atoms with Crippen molar-refractivity contribution in [2.75, 3.05) is 26.2 Å². The maximum absolute atomic E-state index is 12.5. The van der Waals surface area contributed by atoms with Gasteiger partial charge in [-0.3, -0.25) is 14.6 Å². The van der Waals surface area contributed by atoms with E-state index in [1.807, 2.05) is 21.9 Å².